The molecule has 1 aromatic carbocycles. The molecule has 0 spiro atoms. The van der Waals surface area contributed by atoms with E-state index in [1.54, 1.807) is 34.6 Å². The first kappa shape index (κ1) is 46.9. The number of allylic oxidation sites excluding steroid dienone is 3. The van der Waals surface area contributed by atoms with E-state index in [-0.39, 0.29) is 54.4 Å². The molecule has 14 heteroatoms. The van der Waals surface area contributed by atoms with E-state index in [4.69, 9.17) is 10.5 Å². The number of phenols is 1. The van der Waals surface area contributed by atoms with Gasteiger partial charge in [0.15, 0.2) is 11.5 Å². The standard InChI is InChI=1S/C48H68N4O8S2/c1-3-29-16-31-19-42(57)44(60-45-20-32(17-34-5-4-12-50-34)36-10-13-51-48(49)40(36)26-62-61-25-33(24-54)47(45)59)22-38(31)39-21-43(58)46-30(18-37(29)39)7-6-28(11-14-53)15-35(8-9-41(46)56)52-23-27(2)55/h4-5,10,12,18-19,22,27-30,32-33,35,39,41,43,45-47,50-59H,3,8-9,11,13-17,20-21,23-26,49H2,1-2H3/t27-,28+,29-,30-,32+,33-,35-,39-,41-,43+,45-,46+,47-/m0/s1. The van der Waals surface area contributed by atoms with Gasteiger partial charge in [-0.1, -0.05) is 58.1 Å². The molecular weight excluding hydrogens is 825 g/mol. The van der Waals surface area contributed by atoms with E-state index in [2.05, 4.69) is 46.5 Å². The first-order valence-corrected chi connectivity index (χ1v) is 25.2. The van der Waals surface area contributed by atoms with Crippen molar-refractivity contribution < 1.29 is 40.5 Å². The average molecular weight is 893 g/mol. The van der Waals surface area contributed by atoms with Gasteiger partial charge in [0, 0.05) is 90.9 Å². The van der Waals surface area contributed by atoms with Crippen molar-refractivity contribution in [3.63, 3.8) is 0 Å². The molecular formula is C48H68N4O8S2. The van der Waals surface area contributed by atoms with Crippen molar-refractivity contribution in [2.24, 2.45) is 41.2 Å². The molecule has 0 unspecified atom stereocenters. The minimum absolute atomic E-state index is 0.00296. The number of rotatable bonds is 11. The van der Waals surface area contributed by atoms with Crippen LogP contribution in [0.4, 0.5) is 0 Å². The summed E-state index contributed by atoms with van der Waals surface area (Å²) in [6, 6.07) is 7.69. The Balaban J connectivity index is 1.24. The van der Waals surface area contributed by atoms with Crippen LogP contribution in [-0.4, -0.2) is 115 Å². The van der Waals surface area contributed by atoms with Crippen LogP contribution in [0.25, 0.3) is 0 Å². The smallest absolute Gasteiger partial charge is 0.161 e. The highest BCUT2D eigenvalue weighted by molar-refractivity contribution is 8.76. The average Bonchev–Trinajstić information content (AvgIpc) is 3.71. The number of dihydropyridines is 1. The molecule has 0 amide bonds. The molecule has 5 aliphatic rings. The number of aliphatic hydroxyl groups excluding tert-OH is 6. The summed E-state index contributed by atoms with van der Waals surface area (Å²) in [5.74, 6) is 7.24. The zero-order valence-corrected chi connectivity index (χ0v) is 37.7. The number of aromatic amines is 1. The normalized spacial score (nSPS) is 33.5. The number of H-pyrrole nitrogens is 1. The maximum Gasteiger partial charge on any atom is 0.161 e. The molecule has 2 aliphatic heterocycles. The molecule has 1 fully saturated rings. The summed E-state index contributed by atoms with van der Waals surface area (Å²) in [5.41, 5.74) is 12.8. The number of nitrogens with one attached hydrogen (secondary N) is 3. The van der Waals surface area contributed by atoms with Gasteiger partial charge in [-0.25, -0.2) is 0 Å². The number of hydrogen-bond donors (Lipinski definition) is 11. The molecule has 1 aromatic heterocycles. The van der Waals surface area contributed by atoms with Crippen LogP contribution in [0.3, 0.4) is 0 Å². The fourth-order valence-corrected chi connectivity index (χ4v) is 13.0. The second-order valence-electron chi connectivity index (χ2n) is 18.2. The SMILES string of the molecule is CC[C@H]1Cc2cc(O)c(O[C@H]3C[C@@H](Cc4ccc[nH]4)C4=CCNC(N)=C4CSSC[C@H](CO)[C@@H]3O)cc2[C@H]2C[C@@H](O)[C@@H]3[C@@H](C#C[C@H](CCO)C[C@@H](NC[C@H](C)O)CC[C@@H]3O)C=C12. The highest BCUT2D eigenvalue weighted by Gasteiger charge is 2.43. The summed E-state index contributed by atoms with van der Waals surface area (Å²) in [6.07, 6.45) is 7.38. The molecule has 1 saturated heterocycles. The Hall–Kier alpha value is -3.10. The Morgan fingerprint density at radius 2 is 1.89 bits per heavy atom. The van der Waals surface area contributed by atoms with Crippen LogP contribution >= 0.6 is 21.6 Å². The van der Waals surface area contributed by atoms with Crippen molar-refractivity contribution in [2.45, 2.75) is 114 Å². The van der Waals surface area contributed by atoms with Crippen LogP contribution < -0.4 is 21.1 Å². The van der Waals surface area contributed by atoms with E-state index in [9.17, 15) is 35.7 Å². The van der Waals surface area contributed by atoms with Crippen LogP contribution in [0.15, 0.2) is 65.2 Å². The molecule has 3 heterocycles. The van der Waals surface area contributed by atoms with Crippen molar-refractivity contribution in [2.75, 3.05) is 37.8 Å². The molecule has 12 N–H and O–H groups in total. The van der Waals surface area contributed by atoms with E-state index < -0.39 is 48.3 Å². The Kier molecular flexibility index (Phi) is 16.4. The zero-order chi connectivity index (χ0) is 43.9. The molecule has 3 aliphatic carbocycles. The minimum Gasteiger partial charge on any atom is -0.504 e. The van der Waals surface area contributed by atoms with Gasteiger partial charge in [-0.15, -0.1) is 0 Å². The lowest BCUT2D eigenvalue weighted by Crippen LogP contribution is -2.42. The number of aromatic nitrogens is 1. The van der Waals surface area contributed by atoms with Gasteiger partial charge in [0.05, 0.1) is 24.4 Å². The number of phenolic OH excluding ortho intramolecular Hbond substituents is 1. The zero-order valence-electron chi connectivity index (χ0n) is 36.1. The lowest BCUT2D eigenvalue weighted by atomic mass is 9.70. The second-order valence-corrected chi connectivity index (χ2v) is 20.7. The quantitative estimate of drug-likeness (QED) is 0.0866. The lowest BCUT2D eigenvalue weighted by molar-refractivity contribution is -0.0214. The van der Waals surface area contributed by atoms with Gasteiger partial charge in [0.2, 0.25) is 0 Å². The van der Waals surface area contributed by atoms with Gasteiger partial charge >= 0.3 is 0 Å². The molecule has 0 saturated carbocycles. The van der Waals surface area contributed by atoms with Crippen LogP contribution in [-0.2, 0) is 12.8 Å². The number of aromatic hydroxyl groups is 1. The van der Waals surface area contributed by atoms with Crippen LogP contribution in [0, 0.1) is 47.3 Å². The third-order valence-electron chi connectivity index (χ3n) is 13.9. The van der Waals surface area contributed by atoms with Crippen LogP contribution in [0.5, 0.6) is 11.5 Å². The van der Waals surface area contributed by atoms with E-state index in [1.165, 1.54) is 5.57 Å². The molecule has 340 valence electrons. The Morgan fingerprint density at radius 3 is 2.63 bits per heavy atom. The number of nitrogens with two attached hydrogens (primary N) is 1. The summed E-state index contributed by atoms with van der Waals surface area (Å²) in [7, 11) is 3.24. The first-order valence-electron chi connectivity index (χ1n) is 22.7. The van der Waals surface area contributed by atoms with E-state index in [0.29, 0.717) is 81.8 Å². The number of benzene rings is 1. The van der Waals surface area contributed by atoms with Gasteiger partial charge in [-0.2, -0.15) is 0 Å². The summed E-state index contributed by atoms with van der Waals surface area (Å²) < 4.78 is 6.85. The lowest BCUT2D eigenvalue weighted by Gasteiger charge is -2.36. The molecule has 7 rings (SSSR count). The predicted molar refractivity (Wildman–Crippen MR) is 246 cm³/mol. The Bertz CT molecular complexity index is 1960. The summed E-state index contributed by atoms with van der Waals surface area (Å²) >= 11 is 0. The van der Waals surface area contributed by atoms with Crippen molar-refractivity contribution in [3.05, 3.63) is 82.0 Å². The van der Waals surface area contributed by atoms with Crippen molar-refractivity contribution in [1.82, 2.24) is 15.6 Å². The minimum atomic E-state index is -1.06. The number of hydrogen-bond acceptors (Lipinski definition) is 13. The highest BCUT2D eigenvalue weighted by atomic mass is 33.1. The number of fused-ring (bicyclic) bond motifs is 5. The third kappa shape index (κ3) is 11.0. The maximum absolute atomic E-state index is 12.2. The number of ether oxygens (including phenoxy) is 1. The van der Waals surface area contributed by atoms with Gasteiger partial charge < -0.3 is 61.8 Å². The van der Waals surface area contributed by atoms with E-state index in [1.807, 2.05) is 24.4 Å². The predicted octanol–water partition coefficient (Wildman–Crippen LogP) is 4.26. The summed E-state index contributed by atoms with van der Waals surface area (Å²) in [6.45, 7) is 4.66. The highest BCUT2D eigenvalue weighted by Crippen LogP contribution is 2.51. The fraction of sp³-hybridized carbons (Fsp3) is 0.625. The molecule has 0 bridgehead atoms. The fourth-order valence-electron chi connectivity index (χ4n) is 10.5. The van der Waals surface area contributed by atoms with Gasteiger partial charge in [-0.3, -0.25) is 0 Å². The van der Waals surface area contributed by atoms with Crippen molar-refractivity contribution >= 4 is 21.6 Å². The van der Waals surface area contributed by atoms with Crippen molar-refractivity contribution in [3.8, 4) is 23.3 Å². The second kappa shape index (κ2) is 21.7. The van der Waals surface area contributed by atoms with Gasteiger partial charge in [0.1, 0.15) is 11.9 Å². The van der Waals surface area contributed by atoms with Crippen LogP contribution in [0.2, 0.25) is 0 Å². The molecule has 13 atom stereocenters. The maximum atomic E-state index is 12.2. The molecule has 62 heavy (non-hydrogen) atoms. The van der Waals surface area contributed by atoms with E-state index >= 15 is 0 Å². The van der Waals surface area contributed by atoms with Crippen molar-refractivity contribution in [1.29, 1.82) is 0 Å². The number of aliphatic hydroxyl groups is 6. The largest absolute Gasteiger partial charge is 0.504 e. The molecule has 12 nitrogen and oxygen atoms in total. The monoisotopic (exact) mass is 892 g/mol. The topological polar surface area (TPSA) is 217 Å². The molecule has 0 radical (unpaired) electrons. The Morgan fingerprint density at radius 1 is 1.05 bits per heavy atom. The Labute approximate surface area is 374 Å². The van der Waals surface area contributed by atoms with E-state index in [0.717, 1.165) is 34.4 Å². The van der Waals surface area contributed by atoms with Gasteiger partial charge in [-0.05, 0) is 118 Å². The van der Waals surface area contributed by atoms with Crippen LogP contribution in [0.1, 0.15) is 81.5 Å². The third-order valence-corrected chi connectivity index (χ3v) is 16.3. The molecule has 2 aromatic rings. The summed E-state index contributed by atoms with van der Waals surface area (Å²) in [5, 5.41) is 85.2. The van der Waals surface area contributed by atoms with Gasteiger partial charge in [0.25, 0.3) is 0 Å². The first-order chi connectivity index (χ1) is 30.0. The summed E-state index contributed by atoms with van der Waals surface area (Å²) in [4.78, 5) is 3.35.